The lowest BCUT2D eigenvalue weighted by molar-refractivity contribution is 0.313. The first-order chi connectivity index (χ1) is 12.8. The first-order valence-electron chi connectivity index (χ1n) is 9.45. The van der Waals surface area contributed by atoms with Gasteiger partial charge in [-0.15, -0.1) is 24.0 Å². The summed E-state index contributed by atoms with van der Waals surface area (Å²) in [6.07, 6.45) is 3.10. The van der Waals surface area contributed by atoms with E-state index in [1.807, 2.05) is 0 Å². The molecule has 0 spiro atoms. The molecule has 0 aromatic heterocycles. The Morgan fingerprint density at radius 1 is 1.36 bits per heavy atom. The van der Waals surface area contributed by atoms with Crippen LogP contribution in [-0.2, 0) is 16.6 Å². The highest BCUT2D eigenvalue weighted by Crippen LogP contribution is 2.21. The fraction of sp³-hybridized carbons (Fsp3) is 0.632. The summed E-state index contributed by atoms with van der Waals surface area (Å²) in [6, 6.07) is 6.20. The van der Waals surface area contributed by atoms with E-state index in [-0.39, 0.29) is 24.0 Å². The number of benzene rings is 1. The molecule has 0 saturated carbocycles. The van der Waals surface area contributed by atoms with Crippen LogP contribution in [-0.4, -0.2) is 58.2 Å². The van der Waals surface area contributed by atoms with Gasteiger partial charge in [0.05, 0.1) is 12.9 Å². The molecule has 1 heterocycles. The average Bonchev–Trinajstić information content (AvgIpc) is 3.10. The van der Waals surface area contributed by atoms with E-state index in [9.17, 15) is 8.42 Å². The van der Waals surface area contributed by atoms with Gasteiger partial charge in [0, 0.05) is 38.8 Å². The normalized spacial score (nSPS) is 17.9. The summed E-state index contributed by atoms with van der Waals surface area (Å²) in [5.74, 6) is 1.90. The number of hydrogen-bond donors (Lipinski definition) is 2. The number of nitrogens with zero attached hydrogens (tertiary/aromatic N) is 2. The van der Waals surface area contributed by atoms with E-state index >= 15 is 0 Å². The highest BCUT2D eigenvalue weighted by atomic mass is 127. The standard InChI is InChI=1S/C19H32N4O3S.HI/c1-5-10-26-18-11-15(2)6-7-17(18)13-22-19(20-3)21-12-16-8-9-23(14-16)27(4,24)25;/h6-7,11,16H,5,8-10,12-14H2,1-4H3,(H2,20,21,22);1H. The number of aliphatic imine (C=N–C) groups is 1. The summed E-state index contributed by atoms with van der Waals surface area (Å²) >= 11 is 0. The number of nitrogens with one attached hydrogen (secondary N) is 2. The van der Waals surface area contributed by atoms with Crippen molar-refractivity contribution in [2.24, 2.45) is 10.9 Å². The summed E-state index contributed by atoms with van der Waals surface area (Å²) in [5.41, 5.74) is 2.25. The Bertz CT molecular complexity index is 756. The molecule has 7 nitrogen and oxygen atoms in total. The van der Waals surface area contributed by atoms with Gasteiger partial charge in [-0.1, -0.05) is 19.1 Å². The van der Waals surface area contributed by atoms with Crippen LogP contribution in [0.25, 0.3) is 0 Å². The molecule has 1 aliphatic rings. The Morgan fingerprint density at radius 2 is 2.11 bits per heavy atom. The molecule has 9 heteroatoms. The van der Waals surface area contributed by atoms with Crippen molar-refractivity contribution in [3.05, 3.63) is 29.3 Å². The molecule has 1 aliphatic heterocycles. The molecule has 1 fully saturated rings. The minimum absolute atomic E-state index is 0. The van der Waals surface area contributed by atoms with Crippen molar-refractivity contribution in [3.63, 3.8) is 0 Å². The SMILES string of the molecule is CCCOc1cc(C)ccc1CNC(=NC)NCC1CCN(S(C)(=O)=O)C1.I. The van der Waals surface area contributed by atoms with Crippen molar-refractivity contribution in [3.8, 4) is 5.75 Å². The van der Waals surface area contributed by atoms with Crippen molar-refractivity contribution in [2.75, 3.05) is 39.5 Å². The number of ether oxygens (including phenoxy) is 1. The van der Waals surface area contributed by atoms with Crippen LogP contribution < -0.4 is 15.4 Å². The molecule has 1 aromatic carbocycles. The van der Waals surface area contributed by atoms with E-state index in [4.69, 9.17) is 4.74 Å². The molecule has 0 bridgehead atoms. The lowest BCUT2D eigenvalue weighted by atomic mass is 10.1. The number of rotatable bonds is 8. The van der Waals surface area contributed by atoms with Gasteiger partial charge in [0.15, 0.2) is 5.96 Å². The second kappa shape index (κ2) is 11.8. The van der Waals surface area contributed by atoms with Crippen molar-refractivity contribution >= 4 is 40.0 Å². The van der Waals surface area contributed by atoms with Crippen molar-refractivity contribution in [1.82, 2.24) is 14.9 Å². The van der Waals surface area contributed by atoms with E-state index < -0.39 is 10.0 Å². The zero-order chi connectivity index (χ0) is 19.9. The van der Waals surface area contributed by atoms with E-state index in [1.54, 1.807) is 11.4 Å². The predicted molar refractivity (Wildman–Crippen MR) is 125 cm³/mol. The maximum atomic E-state index is 11.6. The van der Waals surface area contributed by atoms with Crippen LogP contribution >= 0.6 is 24.0 Å². The van der Waals surface area contributed by atoms with E-state index in [0.717, 1.165) is 24.2 Å². The van der Waals surface area contributed by atoms with Crippen LogP contribution in [0.2, 0.25) is 0 Å². The number of sulfonamides is 1. The predicted octanol–water partition coefficient (Wildman–Crippen LogP) is 2.35. The Labute approximate surface area is 186 Å². The van der Waals surface area contributed by atoms with Crippen molar-refractivity contribution in [1.29, 1.82) is 0 Å². The molecule has 1 atom stereocenters. The summed E-state index contributed by atoms with van der Waals surface area (Å²) in [5, 5.41) is 6.62. The molecule has 2 rings (SSSR count). The Hall–Kier alpha value is -1.07. The van der Waals surface area contributed by atoms with Crippen molar-refractivity contribution < 1.29 is 13.2 Å². The van der Waals surface area contributed by atoms with Gasteiger partial charge in [-0.05, 0) is 37.3 Å². The maximum absolute atomic E-state index is 11.6. The van der Waals surface area contributed by atoms with Crippen LogP contribution in [0, 0.1) is 12.8 Å². The van der Waals surface area contributed by atoms with E-state index in [2.05, 4.69) is 47.7 Å². The monoisotopic (exact) mass is 524 g/mol. The Morgan fingerprint density at radius 3 is 2.71 bits per heavy atom. The van der Waals surface area contributed by atoms with E-state index in [1.165, 1.54) is 11.8 Å². The zero-order valence-corrected chi connectivity index (χ0v) is 20.3. The van der Waals surface area contributed by atoms with Gasteiger partial charge in [0.2, 0.25) is 10.0 Å². The smallest absolute Gasteiger partial charge is 0.211 e. The fourth-order valence-electron chi connectivity index (χ4n) is 3.06. The Kier molecular flexibility index (Phi) is 10.5. The second-order valence-electron chi connectivity index (χ2n) is 7.04. The highest BCUT2D eigenvalue weighted by Gasteiger charge is 2.28. The molecule has 2 N–H and O–H groups in total. The van der Waals surface area contributed by atoms with E-state index in [0.29, 0.717) is 44.7 Å². The lowest BCUT2D eigenvalue weighted by Gasteiger charge is -2.17. The molecule has 1 aromatic rings. The van der Waals surface area contributed by atoms with Crippen LogP contribution in [0.4, 0.5) is 0 Å². The molecule has 0 aliphatic carbocycles. The minimum atomic E-state index is -3.10. The van der Waals surface area contributed by atoms with Gasteiger partial charge in [0.1, 0.15) is 5.75 Å². The first kappa shape index (κ1) is 25.0. The lowest BCUT2D eigenvalue weighted by Crippen LogP contribution is -2.40. The summed E-state index contributed by atoms with van der Waals surface area (Å²) in [4.78, 5) is 4.26. The summed E-state index contributed by atoms with van der Waals surface area (Å²) in [6.45, 7) is 7.31. The van der Waals surface area contributed by atoms with Gasteiger partial charge in [-0.25, -0.2) is 12.7 Å². The molecular formula is C19H33IN4O3S. The molecule has 0 radical (unpaired) electrons. The van der Waals surface area contributed by atoms with Crippen LogP contribution in [0.1, 0.15) is 30.9 Å². The number of guanidine groups is 1. The molecule has 1 saturated heterocycles. The highest BCUT2D eigenvalue weighted by molar-refractivity contribution is 14.0. The van der Waals surface area contributed by atoms with Crippen LogP contribution in [0.3, 0.4) is 0 Å². The zero-order valence-electron chi connectivity index (χ0n) is 17.2. The first-order valence-corrected chi connectivity index (χ1v) is 11.3. The largest absolute Gasteiger partial charge is 0.493 e. The van der Waals surface area contributed by atoms with Gasteiger partial charge < -0.3 is 15.4 Å². The van der Waals surface area contributed by atoms with Gasteiger partial charge in [-0.2, -0.15) is 0 Å². The van der Waals surface area contributed by atoms with Gasteiger partial charge >= 0.3 is 0 Å². The third-order valence-corrected chi connectivity index (χ3v) is 5.90. The molecular weight excluding hydrogens is 491 g/mol. The maximum Gasteiger partial charge on any atom is 0.211 e. The van der Waals surface area contributed by atoms with Crippen molar-refractivity contribution in [2.45, 2.75) is 33.2 Å². The average molecular weight is 524 g/mol. The fourth-order valence-corrected chi connectivity index (χ4v) is 3.98. The summed E-state index contributed by atoms with van der Waals surface area (Å²) in [7, 11) is -1.36. The molecule has 28 heavy (non-hydrogen) atoms. The number of hydrogen-bond acceptors (Lipinski definition) is 4. The molecule has 160 valence electrons. The quantitative estimate of drug-likeness (QED) is 0.310. The number of aryl methyl sites for hydroxylation is 1. The topological polar surface area (TPSA) is 83.0 Å². The van der Waals surface area contributed by atoms with Crippen LogP contribution in [0.5, 0.6) is 5.75 Å². The van der Waals surface area contributed by atoms with Gasteiger partial charge in [0.25, 0.3) is 0 Å². The third-order valence-electron chi connectivity index (χ3n) is 4.63. The molecule has 0 amide bonds. The Balaban J connectivity index is 0.00000392. The molecule has 1 unspecified atom stereocenters. The second-order valence-corrected chi connectivity index (χ2v) is 9.02. The number of halogens is 1. The van der Waals surface area contributed by atoms with Gasteiger partial charge in [-0.3, -0.25) is 4.99 Å². The third kappa shape index (κ3) is 7.75. The minimum Gasteiger partial charge on any atom is -0.493 e. The summed E-state index contributed by atoms with van der Waals surface area (Å²) < 4.78 is 30.6. The van der Waals surface area contributed by atoms with Crippen LogP contribution in [0.15, 0.2) is 23.2 Å².